The van der Waals surface area contributed by atoms with E-state index < -0.39 is 5.54 Å². The normalized spacial score (nSPS) is 19.4. The van der Waals surface area contributed by atoms with E-state index >= 15 is 0 Å². The molecule has 1 unspecified atom stereocenters. The van der Waals surface area contributed by atoms with Gasteiger partial charge >= 0.3 is 0 Å². The van der Waals surface area contributed by atoms with Crippen LogP contribution in [0.5, 0.6) is 0 Å². The average Bonchev–Trinajstić information content (AvgIpc) is 2.79. The van der Waals surface area contributed by atoms with Gasteiger partial charge in [0, 0.05) is 5.92 Å². The number of rotatable bonds is 7. The van der Waals surface area contributed by atoms with Gasteiger partial charge in [0.15, 0.2) is 5.82 Å². The lowest BCUT2D eigenvalue weighted by Gasteiger charge is -2.29. The Labute approximate surface area is 114 Å². The van der Waals surface area contributed by atoms with Crippen LogP contribution in [0.1, 0.15) is 70.5 Å². The van der Waals surface area contributed by atoms with Crippen molar-refractivity contribution in [2.45, 2.75) is 70.4 Å². The minimum absolute atomic E-state index is 0.324. The van der Waals surface area contributed by atoms with E-state index in [1.807, 2.05) is 6.92 Å². The van der Waals surface area contributed by atoms with Crippen molar-refractivity contribution in [1.29, 1.82) is 0 Å². The highest BCUT2D eigenvalue weighted by Gasteiger charge is 2.31. The summed E-state index contributed by atoms with van der Waals surface area (Å²) in [6.07, 6.45) is 5.90. The van der Waals surface area contributed by atoms with E-state index in [2.05, 4.69) is 24.0 Å². The molecule has 1 aliphatic rings. The fourth-order valence-electron chi connectivity index (χ4n) is 2.16. The molecule has 0 bridgehead atoms. The van der Waals surface area contributed by atoms with Gasteiger partial charge in [-0.3, -0.25) is 0 Å². The fraction of sp³-hybridized carbons (Fsp3) is 0.857. The molecule has 108 valence electrons. The third-order valence-corrected chi connectivity index (χ3v) is 3.96. The number of nitrogens with zero attached hydrogens (tertiary/aromatic N) is 2. The topological polar surface area (TPSA) is 74.2 Å². The minimum Gasteiger partial charge on any atom is -0.376 e. The molecule has 1 aromatic heterocycles. The van der Waals surface area contributed by atoms with Crippen LogP contribution in [0.2, 0.25) is 0 Å². The highest BCUT2D eigenvalue weighted by molar-refractivity contribution is 5.04. The first-order valence-electron chi connectivity index (χ1n) is 7.31. The third-order valence-electron chi connectivity index (χ3n) is 3.96. The monoisotopic (exact) mass is 267 g/mol. The maximum atomic E-state index is 6.25. The zero-order chi connectivity index (χ0) is 13.9. The number of hydrogen-bond acceptors (Lipinski definition) is 5. The van der Waals surface area contributed by atoms with Gasteiger partial charge in [0.1, 0.15) is 5.54 Å². The Hall–Kier alpha value is -0.940. The Morgan fingerprint density at radius 1 is 1.42 bits per heavy atom. The molecule has 0 aromatic carbocycles. The molecule has 0 spiro atoms. The van der Waals surface area contributed by atoms with Crippen LogP contribution in [0.25, 0.3) is 0 Å². The first-order valence-corrected chi connectivity index (χ1v) is 7.31. The van der Waals surface area contributed by atoms with Crippen LogP contribution in [0.15, 0.2) is 4.52 Å². The van der Waals surface area contributed by atoms with E-state index in [0.717, 1.165) is 25.7 Å². The number of aromatic nitrogens is 2. The van der Waals surface area contributed by atoms with Gasteiger partial charge in [-0.25, -0.2) is 0 Å². The molecule has 1 saturated carbocycles. The Balaban J connectivity index is 1.98. The smallest absolute Gasteiger partial charge is 0.229 e. The average molecular weight is 267 g/mol. The zero-order valence-corrected chi connectivity index (χ0v) is 12.2. The van der Waals surface area contributed by atoms with Crippen molar-refractivity contribution >= 4 is 0 Å². The maximum absolute atomic E-state index is 6.25. The van der Waals surface area contributed by atoms with Gasteiger partial charge in [0.25, 0.3) is 0 Å². The van der Waals surface area contributed by atoms with Gasteiger partial charge in [-0.1, -0.05) is 19.0 Å². The number of hydrogen-bond donors (Lipinski definition) is 1. The van der Waals surface area contributed by atoms with Gasteiger partial charge < -0.3 is 15.0 Å². The van der Waals surface area contributed by atoms with Crippen molar-refractivity contribution in [2.75, 3.05) is 6.61 Å². The summed E-state index contributed by atoms with van der Waals surface area (Å²) in [4.78, 5) is 4.46. The second-order valence-electron chi connectivity index (χ2n) is 5.75. The van der Waals surface area contributed by atoms with Gasteiger partial charge in [-0.2, -0.15) is 4.98 Å². The molecule has 0 saturated heterocycles. The van der Waals surface area contributed by atoms with Crippen molar-refractivity contribution in [2.24, 2.45) is 5.73 Å². The van der Waals surface area contributed by atoms with E-state index in [-0.39, 0.29) is 0 Å². The lowest BCUT2D eigenvalue weighted by Crippen LogP contribution is -2.41. The zero-order valence-electron chi connectivity index (χ0n) is 12.2. The summed E-state index contributed by atoms with van der Waals surface area (Å²) in [6.45, 7) is 6.59. The van der Waals surface area contributed by atoms with E-state index in [1.165, 1.54) is 6.42 Å². The van der Waals surface area contributed by atoms with E-state index in [4.69, 9.17) is 15.0 Å². The van der Waals surface area contributed by atoms with Gasteiger partial charge in [0.05, 0.1) is 12.7 Å². The maximum Gasteiger partial charge on any atom is 0.229 e. The molecule has 1 heterocycles. The number of ether oxygens (including phenoxy) is 1. The van der Waals surface area contributed by atoms with E-state index in [1.54, 1.807) is 0 Å². The van der Waals surface area contributed by atoms with Crippen LogP contribution in [0.3, 0.4) is 0 Å². The molecule has 1 atom stereocenters. The van der Waals surface area contributed by atoms with Gasteiger partial charge in [-0.05, 0) is 39.0 Å². The van der Waals surface area contributed by atoms with Crippen molar-refractivity contribution in [3.63, 3.8) is 0 Å². The molecular formula is C14H25N3O2. The second kappa shape index (κ2) is 6.01. The SMILES string of the molecule is CCC(CC)c1nc(C(C)(N)COC2CCC2)no1. The van der Waals surface area contributed by atoms with Crippen LogP contribution < -0.4 is 5.73 Å². The highest BCUT2D eigenvalue weighted by Crippen LogP contribution is 2.26. The predicted octanol–water partition coefficient (Wildman–Crippen LogP) is 2.72. The van der Waals surface area contributed by atoms with Crippen molar-refractivity contribution in [1.82, 2.24) is 10.1 Å². The Morgan fingerprint density at radius 3 is 2.63 bits per heavy atom. The van der Waals surface area contributed by atoms with Crippen LogP contribution >= 0.6 is 0 Å². The molecule has 19 heavy (non-hydrogen) atoms. The lowest BCUT2D eigenvalue weighted by atomic mass is 9.95. The molecule has 5 nitrogen and oxygen atoms in total. The Kier molecular flexibility index (Phi) is 4.58. The van der Waals surface area contributed by atoms with Gasteiger partial charge in [0.2, 0.25) is 5.89 Å². The summed E-state index contributed by atoms with van der Waals surface area (Å²) in [7, 11) is 0. The molecule has 2 N–H and O–H groups in total. The summed E-state index contributed by atoms with van der Waals surface area (Å²) in [5.74, 6) is 1.57. The van der Waals surface area contributed by atoms with Crippen LogP contribution in [-0.2, 0) is 10.3 Å². The molecule has 1 aliphatic carbocycles. The number of nitrogens with two attached hydrogens (primary N) is 1. The first kappa shape index (κ1) is 14.5. The molecule has 0 aliphatic heterocycles. The van der Waals surface area contributed by atoms with Crippen LogP contribution in [0.4, 0.5) is 0 Å². The molecule has 5 heteroatoms. The van der Waals surface area contributed by atoms with Crippen molar-refractivity contribution in [3.8, 4) is 0 Å². The summed E-state index contributed by atoms with van der Waals surface area (Å²) >= 11 is 0. The highest BCUT2D eigenvalue weighted by atomic mass is 16.5. The fourth-order valence-corrected chi connectivity index (χ4v) is 2.16. The quantitative estimate of drug-likeness (QED) is 0.822. The Morgan fingerprint density at radius 2 is 2.11 bits per heavy atom. The molecule has 0 amide bonds. The third kappa shape index (κ3) is 3.34. The first-order chi connectivity index (χ1) is 9.06. The molecule has 0 radical (unpaired) electrons. The van der Waals surface area contributed by atoms with Gasteiger partial charge in [-0.15, -0.1) is 0 Å². The summed E-state index contributed by atoms with van der Waals surface area (Å²) in [5, 5.41) is 4.04. The minimum atomic E-state index is -0.677. The summed E-state index contributed by atoms with van der Waals surface area (Å²) < 4.78 is 11.1. The lowest BCUT2D eigenvalue weighted by molar-refractivity contribution is -0.0222. The van der Waals surface area contributed by atoms with Crippen molar-refractivity contribution in [3.05, 3.63) is 11.7 Å². The van der Waals surface area contributed by atoms with E-state index in [9.17, 15) is 0 Å². The standard InChI is InChI=1S/C14H25N3O2/c1-4-10(5-2)12-16-13(17-19-12)14(3,15)9-18-11-7-6-8-11/h10-11H,4-9,15H2,1-3H3. The molecule has 1 aromatic rings. The van der Waals surface area contributed by atoms with Crippen LogP contribution in [-0.4, -0.2) is 22.9 Å². The van der Waals surface area contributed by atoms with Crippen molar-refractivity contribution < 1.29 is 9.26 Å². The predicted molar refractivity (Wildman–Crippen MR) is 72.8 cm³/mol. The largest absolute Gasteiger partial charge is 0.376 e. The second-order valence-corrected chi connectivity index (χ2v) is 5.75. The van der Waals surface area contributed by atoms with E-state index in [0.29, 0.717) is 30.3 Å². The Bertz CT molecular complexity index is 395. The molecule has 2 rings (SSSR count). The summed E-state index contributed by atoms with van der Waals surface area (Å²) in [5.41, 5.74) is 5.57. The molecule has 1 fully saturated rings. The van der Waals surface area contributed by atoms with Crippen LogP contribution in [0, 0.1) is 0 Å². The molecular weight excluding hydrogens is 242 g/mol. The summed E-state index contributed by atoms with van der Waals surface area (Å²) in [6, 6.07) is 0.